The highest BCUT2D eigenvalue weighted by Crippen LogP contribution is 2.58. The molecule has 1 saturated carbocycles. The number of benzene rings is 1. The summed E-state index contributed by atoms with van der Waals surface area (Å²) in [5.74, 6) is -0.0845. The van der Waals surface area contributed by atoms with Gasteiger partial charge >= 0.3 is 5.97 Å². The summed E-state index contributed by atoms with van der Waals surface area (Å²) in [5.41, 5.74) is 1.05. The molecule has 3 heteroatoms. The molecule has 1 aliphatic carbocycles. The van der Waals surface area contributed by atoms with Crippen LogP contribution < -0.4 is 0 Å². The van der Waals surface area contributed by atoms with Crippen LogP contribution in [0.2, 0.25) is 0 Å². The second-order valence-corrected chi connectivity index (χ2v) is 6.21. The molecule has 1 atom stereocenters. The molecule has 1 aromatic rings. The van der Waals surface area contributed by atoms with E-state index in [4.69, 9.17) is 10.00 Å². The van der Waals surface area contributed by atoms with Crippen LogP contribution in [0, 0.1) is 16.7 Å². The van der Waals surface area contributed by atoms with Crippen molar-refractivity contribution in [1.82, 2.24) is 0 Å². The van der Waals surface area contributed by atoms with Crippen LogP contribution in [0.1, 0.15) is 56.6 Å². The van der Waals surface area contributed by atoms with E-state index in [2.05, 4.69) is 6.07 Å². The Balaban J connectivity index is 2.02. The fraction of sp³-hybridized carbons (Fsp3) is 0.529. The average molecular weight is 269 g/mol. The standard InChI is InChI=1S/C17H19NO2/c1-16(14-7-5-13(12-18)6-8-14)17(11-15(19)20-16)9-3-2-4-10-17/h5-8H,2-4,9-11H2,1H3. The smallest absolute Gasteiger partial charge is 0.307 e. The normalized spacial score (nSPS) is 28.1. The number of hydrogen-bond acceptors (Lipinski definition) is 3. The lowest BCUT2D eigenvalue weighted by atomic mass is 9.61. The molecular weight excluding hydrogens is 250 g/mol. The minimum atomic E-state index is -0.543. The Morgan fingerprint density at radius 2 is 1.80 bits per heavy atom. The molecule has 3 rings (SSSR count). The molecule has 0 bridgehead atoms. The van der Waals surface area contributed by atoms with Gasteiger partial charge in [0.2, 0.25) is 0 Å². The van der Waals surface area contributed by atoms with Gasteiger partial charge in [0, 0.05) is 5.41 Å². The fourth-order valence-corrected chi connectivity index (χ4v) is 3.93. The summed E-state index contributed by atoms with van der Waals surface area (Å²) in [5, 5.41) is 8.91. The summed E-state index contributed by atoms with van der Waals surface area (Å²) in [4.78, 5) is 12.0. The molecule has 104 valence electrons. The molecule has 0 aromatic heterocycles. The van der Waals surface area contributed by atoms with Crippen molar-refractivity contribution < 1.29 is 9.53 Å². The number of hydrogen-bond donors (Lipinski definition) is 0. The Hall–Kier alpha value is -1.82. The van der Waals surface area contributed by atoms with E-state index in [-0.39, 0.29) is 11.4 Å². The van der Waals surface area contributed by atoms with Gasteiger partial charge in [-0.1, -0.05) is 31.4 Å². The van der Waals surface area contributed by atoms with Crippen LogP contribution in [0.25, 0.3) is 0 Å². The van der Waals surface area contributed by atoms with Crippen molar-refractivity contribution in [3.63, 3.8) is 0 Å². The first-order valence-electron chi connectivity index (χ1n) is 7.32. The molecule has 20 heavy (non-hydrogen) atoms. The number of carbonyl (C=O) groups excluding carboxylic acids is 1. The maximum Gasteiger partial charge on any atom is 0.307 e. The first kappa shape index (κ1) is 13.2. The highest BCUT2D eigenvalue weighted by atomic mass is 16.6. The van der Waals surface area contributed by atoms with Crippen molar-refractivity contribution in [2.24, 2.45) is 5.41 Å². The van der Waals surface area contributed by atoms with Gasteiger partial charge in [-0.15, -0.1) is 0 Å². The van der Waals surface area contributed by atoms with E-state index in [1.807, 2.05) is 31.2 Å². The average Bonchev–Trinajstić information content (AvgIpc) is 2.71. The number of carbonyl (C=O) groups is 1. The third-order valence-electron chi connectivity index (χ3n) is 5.19. The Kier molecular flexibility index (Phi) is 3.05. The summed E-state index contributed by atoms with van der Waals surface area (Å²) in [6, 6.07) is 9.62. The number of nitrogens with zero attached hydrogens (tertiary/aromatic N) is 1. The second-order valence-electron chi connectivity index (χ2n) is 6.21. The Morgan fingerprint density at radius 3 is 2.40 bits per heavy atom. The SMILES string of the molecule is CC1(c2ccc(C#N)cc2)OC(=O)CC12CCCCC2. The summed E-state index contributed by atoms with van der Waals surface area (Å²) in [6.07, 6.45) is 6.22. The van der Waals surface area contributed by atoms with E-state index < -0.39 is 5.60 Å². The molecule has 0 radical (unpaired) electrons. The topological polar surface area (TPSA) is 50.1 Å². The van der Waals surface area contributed by atoms with Crippen molar-refractivity contribution in [1.29, 1.82) is 5.26 Å². The van der Waals surface area contributed by atoms with E-state index >= 15 is 0 Å². The zero-order chi connectivity index (χ0) is 14.2. The van der Waals surface area contributed by atoms with Crippen molar-refractivity contribution in [2.75, 3.05) is 0 Å². The largest absolute Gasteiger partial charge is 0.454 e. The van der Waals surface area contributed by atoms with Crippen LogP contribution >= 0.6 is 0 Å². The minimum absolute atomic E-state index is 0.0590. The molecule has 1 aromatic carbocycles. The molecule has 2 aliphatic rings. The van der Waals surface area contributed by atoms with Crippen molar-refractivity contribution in [2.45, 2.75) is 51.0 Å². The first-order chi connectivity index (χ1) is 9.60. The minimum Gasteiger partial charge on any atom is -0.454 e. The van der Waals surface area contributed by atoms with Gasteiger partial charge in [-0.25, -0.2) is 0 Å². The number of rotatable bonds is 1. The van der Waals surface area contributed by atoms with E-state index in [0.29, 0.717) is 12.0 Å². The molecule has 2 fully saturated rings. The van der Waals surface area contributed by atoms with Crippen molar-refractivity contribution in [3.05, 3.63) is 35.4 Å². The van der Waals surface area contributed by atoms with Gasteiger partial charge in [-0.05, 0) is 37.5 Å². The quantitative estimate of drug-likeness (QED) is 0.731. The molecule has 1 aliphatic heterocycles. The van der Waals surface area contributed by atoms with Crippen molar-refractivity contribution in [3.8, 4) is 6.07 Å². The van der Waals surface area contributed by atoms with Crippen molar-refractivity contribution >= 4 is 5.97 Å². The van der Waals surface area contributed by atoms with Crippen LogP contribution in [0.15, 0.2) is 24.3 Å². The fourth-order valence-electron chi connectivity index (χ4n) is 3.93. The predicted octanol–water partition coefficient (Wildman–Crippen LogP) is 3.67. The van der Waals surface area contributed by atoms with Crippen LogP contribution in [-0.2, 0) is 15.1 Å². The van der Waals surface area contributed by atoms with E-state index in [1.54, 1.807) is 0 Å². The summed E-state index contributed by atoms with van der Waals surface area (Å²) in [7, 11) is 0. The number of cyclic esters (lactones) is 1. The van der Waals surface area contributed by atoms with Crippen LogP contribution in [0.5, 0.6) is 0 Å². The first-order valence-corrected chi connectivity index (χ1v) is 7.32. The van der Waals surface area contributed by atoms with Crippen LogP contribution in [0.3, 0.4) is 0 Å². The van der Waals surface area contributed by atoms with Gasteiger partial charge < -0.3 is 4.74 Å². The predicted molar refractivity (Wildman–Crippen MR) is 74.7 cm³/mol. The summed E-state index contributed by atoms with van der Waals surface area (Å²) < 4.78 is 5.78. The molecule has 0 amide bonds. The van der Waals surface area contributed by atoms with Gasteiger partial charge in [0.05, 0.1) is 18.1 Å². The number of ether oxygens (including phenoxy) is 1. The van der Waals surface area contributed by atoms with Gasteiger partial charge in [0.15, 0.2) is 0 Å². The lowest BCUT2D eigenvalue weighted by Gasteiger charge is -2.44. The van der Waals surface area contributed by atoms with Crippen LogP contribution in [-0.4, -0.2) is 5.97 Å². The zero-order valence-electron chi connectivity index (χ0n) is 11.8. The lowest BCUT2D eigenvalue weighted by Crippen LogP contribution is -2.41. The third kappa shape index (κ3) is 1.83. The monoisotopic (exact) mass is 269 g/mol. The third-order valence-corrected chi connectivity index (χ3v) is 5.19. The van der Waals surface area contributed by atoms with Gasteiger partial charge in [-0.3, -0.25) is 4.79 Å². The van der Waals surface area contributed by atoms with E-state index in [0.717, 1.165) is 18.4 Å². The van der Waals surface area contributed by atoms with Gasteiger partial charge in [-0.2, -0.15) is 5.26 Å². The van der Waals surface area contributed by atoms with Gasteiger partial charge in [0.1, 0.15) is 5.60 Å². The summed E-state index contributed by atoms with van der Waals surface area (Å²) >= 11 is 0. The molecule has 1 heterocycles. The highest BCUT2D eigenvalue weighted by molar-refractivity contribution is 5.74. The lowest BCUT2D eigenvalue weighted by molar-refractivity contribution is -0.152. The highest BCUT2D eigenvalue weighted by Gasteiger charge is 2.58. The van der Waals surface area contributed by atoms with E-state index in [9.17, 15) is 4.79 Å². The molecular formula is C17H19NO2. The molecule has 0 N–H and O–H groups in total. The molecule has 1 spiro atoms. The van der Waals surface area contributed by atoms with Gasteiger partial charge in [0.25, 0.3) is 0 Å². The number of esters is 1. The van der Waals surface area contributed by atoms with Crippen LogP contribution in [0.4, 0.5) is 0 Å². The Morgan fingerprint density at radius 1 is 1.15 bits per heavy atom. The molecule has 3 nitrogen and oxygen atoms in total. The maximum atomic E-state index is 12.0. The maximum absolute atomic E-state index is 12.0. The Labute approximate surface area is 119 Å². The molecule has 1 saturated heterocycles. The Bertz CT molecular complexity index is 564. The molecule has 1 unspecified atom stereocenters. The number of nitriles is 1. The second kappa shape index (κ2) is 4.63. The zero-order valence-corrected chi connectivity index (χ0v) is 11.8. The van der Waals surface area contributed by atoms with E-state index in [1.165, 1.54) is 19.3 Å². The summed E-state index contributed by atoms with van der Waals surface area (Å²) in [6.45, 7) is 2.05.